The molecule has 0 amide bonds. The summed E-state index contributed by atoms with van der Waals surface area (Å²) in [6.07, 6.45) is 8.74. The number of ether oxygens (including phenoxy) is 13. The van der Waals surface area contributed by atoms with E-state index in [1.165, 1.54) is 32.1 Å². The molecule has 16 nitrogen and oxygen atoms in total. The highest BCUT2D eigenvalue weighted by atomic mass is 16.6. The Morgan fingerprint density at radius 2 is 0.655 bits per heavy atom. The minimum atomic E-state index is -0.900. The van der Waals surface area contributed by atoms with Crippen LogP contribution in [0.25, 0.3) is 0 Å². The van der Waals surface area contributed by atoms with Crippen molar-refractivity contribution in [1.82, 2.24) is 0 Å². The summed E-state index contributed by atoms with van der Waals surface area (Å²) in [6, 6.07) is 8.25. The molecule has 0 unspecified atom stereocenters. The van der Waals surface area contributed by atoms with Gasteiger partial charge in [-0.2, -0.15) is 0 Å². The van der Waals surface area contributed by atoms with Gasteiger partial charge in [0, 0.05) is 12.0 Å². The van der Waals surface area contributed by atoms with Crippen LogP contribution < -0.4 is 0 Å². The molecule has 0 bridgehead atoms. The molecule has 1 aromatic carbocycles. The summed E-state index contributed by atoms with van der Waals surface area (Å²) >= 11 is 0. The van der Waals surface area contributed by atoms with Crippen LogP contribution in [0.15, 0.2) is 30.3 Å². The van der Waals surface area contributed by atoms with Gasteiger partial charge in [-0.1, -0.05) is 75.8 Å². The first-order chi connectivity index (χ1) is 28.6. The van der Waals surface area contributed by atoms with Crippen LogP contribution in [0.2, 0.25) is 0 Å². The maximum atomic E-state index is 11.9. The molecule has 1 aromatic rings. The van der Waals surface area contributed by atoms with Crippen LogP contribution in [0.5, 0.6) is 0 Å². The predicted molar refractivity (Wildman–Crippen MR) is 214 cm³/mol. The zero-order chi connectivity index (χ0) is 41.7. The van der Waals surface area contributed by atoms with Crippen LogP contribution in [-0.2, 0) is 71.2 Å². The van der Waals surface area contributed by atoms with E-state index in [1.807, 2.05) is 0 Å². The minimum Gasteiger partial charge on any atom is -0.463 e. The normalized spacial score (nSPS) is 11.3. The molecule has 0 saturated heterocycles. The molecule has 0 atom stereocenters. The van der Waals surface area contributed by atoms with Gasteiger partial charge in [-0.3, -0.25) is 9.59 Å². The average Bonchev–Trinajstić information content (AvgIpc) is 3.24. The van der Waals surface area contributed by atoms with Gasteiger partial charge in [-0.05, 0) is 6.42 Å². The van der Waals surface area contributed by atoms with Crippen molar-refractivity contribution in [3.05, 3.63) is 35.9 Å². The van der Waals surface area contributed by atoms with Crippen molar-refractivity contribution < 1.29 is 76.0 Å². The van der Waals surface area contributed by atoms with Crippen LogP contribution in [0, 0.1) is 0 Å². The number of carbonyl (C=O) groups is 3. The van der Waals surface area contributed by atoms with Crippen LogP contribution in [0.4, 0.5) is 0 Å². The Kier molecular flexibility index (Phi) is 40.5. The number of hydrogen-bond donors (Lipinski definition) is 0. The predicted octanol–water partition coefficient (Wildman–Crippen LogP) is 4.28. The summed E-state index contributed by atoms with van der Waals surface area (Å²) in [6.45, 7) is 12.1. The smallest absolute Gasteiger partial charge is 0.379 e. The lowest BCUT2D eigenvalue weighted by Gasteiger charge is -2.09. The van der Waals surface area contributed by atoms with Gasteiger partial charge >= 0.3 is 11.9 Å². The highest BCUT2D eigenvalue weighted by molar-refractivity contribution is 6.40. The molecule has 0 N–H and O–H groups in total. The third-order valence-electron chi connectivity index (χ3n) is 7.88. The molecule has 0 radical (unpaired) electrons. The fraction of sp³-hybridized carbons (Fsp3) is 0.786. The van der Waals surface area contributed by atoms with E-state index in [0.29, 0.717) is 151 Å². The summed E-state index contributed by atoms with van der Waals surface area (Å²) in [7, 11) is 0. The fourth-order valence-corrected chi connectivity index (χ4v) is 4.78. The van der Waals surface area contributed by atoms with Gasteiger partial charge in [0.05, 0.1) is 145 Å². The molecule has 0 heterocycles. The molecule has 16 heteroatoms. The second-order valence-electron chi connectivity index (χ2n) is 12.7. The quantitative estimate of drug-likeness (QED) is 0.0394. The third kappa shape index (κ3) is 37.6. The van der Waals surface area contributed by atoms with Gasteiger partial charge < -0.3 is 61.6 Å². The first-order valence-electron chi connectivity index (χ1n) is 20.9. The van der Waals surface area contributed by atoms with Crippen molar-refractivity contribution in [3.63, 3.8) is 0 Å². The minimum absolute atomic E-state index is 0.00729. The SMILES string of the molecule is CCCCCCCCCC(=O)OCCOCCOCCOCCOCCOCCOCCOCCOCCOCCOCCOCCOC(=O)C(=O)c1ccccc1. The zero-order valence-corrected chi connectivity index (χ0v) is 35.0. The van der Waals surface area contributed by atoms with E-state index in [2.05, 4.69) is 6.92 Å². The monoisotopic (exact) mass is 832 g/mol. The Balaban J connectivity index is 1.65. The average molecular weight is 833 g/mol. The van der Waals surface area contributed by atoms with Gasteiger partial charge in [-0.15, -0.1) is 0 Å². The van der Waals surface area contributed by atoms with E-state index in [4.69, 9.17) is 61.6 Å². The zero-order valence-electron chi connectivity index (χ0n) is 35.0. The Morgan fingerprint density at radius 1 is 0.362 bits per heavy atom. The van der Waals surface area contributed by atoms with Crippen molar-refractivity contribution >= 4 is 17.7 Å². The largest absolute Gasteiger partial charge is 0.463 e. The molecule has 0 aliphatic rings. The Morgan fingerprint density at radius 3 is 1.00 bits per heavy atom. The number of carbonyl (C=O) groups excluding carboxylic acids is 3. The van der Waals surface area contributed by atoms with Gasteiger partial charge in [0.2, 0.25) is 0 Å². The maximum absolute atomic E-state index is 11.9. The number of unbranched alkanes of at least 4 members (excludes halogenated alkanes) is 6. The van der Waals surface area contributed by atoms with Gasteiger partial charge in [0.15, 0.2) is 0 Å². The molecule has 0 aliphatic heterocycles. The molecule has 0 spiro atoms. The first-order valence-corrected chi connectivity index (χ1v) is 20.9. The Bertz CT molecular complexity index is 1050. The molecule has 336 valence electrons. The summed E-state index contributed by atoms with van der Waals surface area (Å²) < 4.78 is 70.1. The van der Waals surface area contributed by atoms with Crippen molar-refractivity contribution in [1.29, 1.82) is 0 Å². The molecule has 1 rings (SSSR count). The third-order valence-corrected chi connectivity index (χ3v) is 7.88. The molecule has 0 fully saturated rings. The van der Waals surface area contributed by atoms with E-state index in [0.717, 1.165) is 12.8 Å². The van der Waals surface area contributed by atoms with E-state index in [-0.39, 0.29) is 25.8 Å². The number of ketones is 1. The van der Waals surface area contributed by atoms with Crippen molar-refractivity contribution in [2.45, 2.75) is 58.3 Å². The molecule has 0 aromatic heterocycles. The molecular formula is C42H72O16. The topological polar surface area (TPSA) is 171 Å². The van der Waals surface area contributed by atoms with E-state index in [9.17, 15) is 14.4 Å². The summed E-state index contributed by atoms with van der Waals surface area (Å²) in [5.41, 5.74) is 0.292. The first kappa shape index (κ1) is 53.4. The number of benzene rings is 1. The molecule has 0 saturated carbocycles. The van der Waals surface area contributed by atoms with Crippen molar-refractivity contribution in [2.24, 2.45) is 0 Å². The van der Waals surface area contributed by atoms with Crippen LogP contribution in [0.3, 0.4) is 0 Å². The highest BCUT2D eigenvalue weighted by Crippen LogP contribution is 2.09. The van der Waals surface area contributed by atoms with Crippen molar-refractivity contribution in [3.8, 4) is 0 Å². The lowest BCUT2D eigenvalue weighted by molar-refractivity contribution is -0.145. The summed E-state index contributed by atoms with van der Waals surface area (Å²) in [4.78, 5) is 35.4. The fourth-order valence-electron chi connectivity index (χ4n) is 4.78. The Labute approximate surface area is 346 Å². The number of esters is 2. The highest BCUT2D eigenvalue weighted by Gasteiger charge is 2.17. The maximum Gasteiger partial charge on any atom is 0.379 e. The van der Waals surface area contributed by atoms with Crippen LogP contribution >= 0.6 is 0 Å². The second kappa shape index (κ2) is 44.0. The summed E-state index contributed by atoms with van der Waals surface area (Å²) in [5.74, 6) is -1.73. The van der Waals surface area contributed by atoms with E-state index < -0.39 is 11.8 Å². The van der Waals surface area contributed by atoms with Gasteiger partial charge in [-0.25, -0.2) is 4.79 Å². The number of rotatable bonds is 46. The van der Waals surface area contributed by atoms with Gasteiger partial charge in [0.25, 0.3) is 5.78 Å². The molecule has 0 aliphatic carbocycles. The number of hydrogen-bond acceptors (Lipinski definition) is 16. The standard InChI is InChI=1S/C42H72O16/c1-2-3-4-5-6-7-11-14-40(43)57-37-35-55-33-31-53-29-27-51-25-23-49-21-19-47-17-15-46-16-18-48-20-22-50-24-26-52-28-30-54-32-34-56-36-38-58-42(45)41(44)39-12-9-8-10-13-39/h8-10,12-13H,2-7,11,14-38H2,1H3. The Hall–Kier alpha value is -2.61. The van der Waals surface area contributed by atoms with Gasteiger partial charge in [0.1, 0.15) is 13.2 Å². The van der Waals surface area contributed by atoms with Crippen LogP contribution in [-0.4, -0.2) is 176 Å². The summed E-state index contributed by atoms with van der Waals surface area (Å²) in [5, 5.41) is 0. The van der Waals surface area contributed by atoms with E-state index >= 15 is 0 Å². The molecule has 58 heavy (non-hydrogen) atoms. The lowest BCUT2D eigenvalue weighted by atomic mass is 10.1. The molecular weight excluding hydrogens is 760 g/mol. The van der Waals surface area contributed by atoms with Crippen molar-refractivity contribution in [2.75, 3.05) is 159 Å². The second-order valence-corrected chi connectivity index (χ2v) is 12.7. The lowest BCUT2D eigenvalue weighted by Crippen LogP contribution is -2.20. The number of Topliss-reactive ketones (excluding diaryl/α,β-unsaturated/α-hetero) is 1. The van der Waals surface area contributed by atoms with E-state index in [1.54, 1.807) is 30.3 Å². The van der Waals surface area contributed by atoms with Crippen LogP contribution in [0.1, 0.15) is 68.6 Å².